The number of hydrogen-bond acceptors (Lipinski definition) is 3. The third-order valence-corrected chi connectivity index (χ3v) is 5.21. The van der Waals surface area contributed by atoms with Crippen LogP contribution in [0.1, 0.15) is 29.6 Å². The van der Waals surface area contributed by atoms with E-state index >= 15 is 0 Å². The third-order valence-electron chi connectivity index (χ3n) is 5.21. The molecule has 1 amide bonds. The molecule has 2 aliphatic heterocycles. The van der Waals surface area contributed by atoms with Gasteiger partial charge in [-0.2, -0.15) is 0 Å². The molecule has 2 fully saturated rings. The number of halogens is 2. The fourth-order valence-electron chi connectivity index (χ4n) is 3.64. The predicted molar refractivity (Wildman–Crippen MR) is 89.0 cm³/mol. The van der Waals surface area contributed by atoms with Gasteiger partial charge in [0.15, 0.2) is 0 Å². The summed E-state index contributed by atoms with van der Waals surface area (Å²) in [4.78, 5) is 18.9. The van der Waals surface area contributed by atoms with E-state index in [4.69, 9.17) is 0 Å². The zero-order valence-electron chi connectivity index (χ0n) is 14.2. The molecule has 1 atom stereocenters. The molecule has 24 heavy (non-hydrogen) atoms. The van der Waals surface area contributed by atoms with Crippen molar-refractivity contribution < 1.29 is 13.6 Å². The van der Waals surface area contributed by atoms with E-state index in [9.17, 15) is 13.6 Å². The molecule has 1 unspecified atom stereocenters. The Bertz CT molecular complexity index is 588. The zero-order valence-corrected chi connectivity index (χ0v) is 14.2. The number of amides is 1. The molecular weight excluding hydrogens is 312 g/mol. The van der Waals surface area contributed by atoms with Gasteiger partial charge in [0.1, 0.15) is 11.6 Å². The second-order valence-corrected chi connectivity index (χ2v) is 6.85. The number of likely N-dealkylation sites (N-methyl/N-ethyl adjacent to an activating group) is 1. The minimum Gasteiger partial charge on any atom is -0.336 e. The van der Waals surface area contributed by atoms with E-state index in [1.165, 1.54) is 25.3 Å². The van der Waals surface area contributed by atoms with Crippen molar-refractivity contribution in [1.82, 2.24) is 14.7 Å². The summed E-state index contributed by atoms with van der Waals surface area (Å²) in [6.45, 7) is 4.98. The van der Waals surface area contributed by atoms with Crippen LogP contribution >= 0.6 is 0 Å². The Morgan fingerprint density at radius 2 is 1.88 bits per heavy atom. The SMILES string of the molecule is CN1CCCCC1CN1CCN(C(=O)c2ccc(F)cc2F)CC1. The molecule has 2 heterocycles. The fraction of sp³-hybridized carbons (Fsp3) is 0.611. The van der Waals surface area contributed by atoms with E-state index in [-0.39, 0.29) is 11.5 Å². The van der Waals surface area contributed by atoms with Crippen LogP contribution in [-0.4, -0.2) is 73.0 Å². The summed E-state index contributed by atoms with van der Waals surface area (Å²) < 4.78 is 26.8. The van der Waals surface area contributed by atoms with Gasteiger partial charge in [-0.3, -0.25) is 9.69 Å². The number of carbonyl (C=O) groups is 1. The third kappa shape index (κ3) is 3.92. The molecule has 4 nitrogen and oxygen atoms in total. The topological polar surface area (TPSA) is 26.8 Å². The number of carbonyl (C=O) groups excluding carboxylic acids is 1. The van der Waals surface area contributed by atoms with E-state index < -0.39 is 11.6 Å². The molecule has 6 heteroatoms. The van der Waals surface area contributed by atoms with Crippen molar-refractivity contribution >= 4 is 5.91 Å². The summed E-state index contributed by atoms with van der Waals surface area (Å²) in [6, 6.07) is 3.72. The average Bonchev–Trinajstić information content (AvgIpc) is 2.57. The Morgan fingerprint density at radius 1 is 1.12 bits per heavy atom. The van der Waals surface area contributed by atoms with E-state index in [0.717, 1.165) is 38.3 Å². The first-order valence-electron chi connectivity index (χ1n) is 8.71. The van der Waals surface area contributed by atoms with Crippen molar-refractivity contribution in [2.24, 2.45) is 0 Å². The van der Waals surface area contributed by atoms with Crippen LogP contribution in [0.4, 0.5) is 8.78 Å². The van der Waals surface area contributed by atoms with Crippen LogP contribution in [0.3, 0.4) is 0 Å². The molecule has 1 aromatic rings. The highest BCUT2D eigenvalue weighted by Gasteiger charge is 2.27. The molecule has 132 valence electrons. The maximum absolute atomic E-state index is 13.8. The van der Waals surface area contributed by atoms with Crippen LogP contribution in [0.15, 0.2) is 18.2 Å². The van der Waals surface area contributed by atoms with Crippen molar-refractivity contribution in [2.45, 2.75) is 25.3 Å². The highest BCUT2D eigenvalue weighted by atomic mass is 19.1. The Balaban J connectivity index is 1.53. The van der Waals surface area contributed by atoms with E-state index in [1.807, 2.05) is 0 Å². The van der Waals surface area contributed by atoms with Crippen molar-refractivity contribution in [1.29, 1.82) is 0 Å². The fourth-order valence-corrected chi connectivity index (χ4v) is 3.64. The lowest BCUT2D eigenvalue weighted by Gasteiger charge is -2.40. The molecule has 0 bridgehead atoms. The number of rotatable bonds is 3. The lowest BCUT2D eigenvalue weighted by Crippen LogP contribution is -2.53. The summed E-state index contributed by atoms with van der Waals surface area (Å²) in [5.41, 5.74) is -0.0446. The standard InChI is InChI=1S/C18H25F2N3O/c1-21-7-3-2-4-15(21)13-22-8-10-23(11-9-22)18(24)16-6-5-14(19)12-17(16)20/h5-6,12,15H,2-4,7-11,13H2,1H3. The molecular formula is C18H25F2N3O. The summed E-state index contributed by atoms with van der Waals surface area (Å²) in [5, 5.41) is 0. The summed E-state index contributed by atoms with van der Waals surface area (Å²) in [6.07, 6.45) is 3.80. The van der Waals surface area contributed by atoms with Crippen LogP contribution in [0, 0.1) is 11.6 Å². The quantitative estimate of drug-likeness (QED) is 0.846. The van der Waals surface area contributed by atoms with E-state index in [1.54, 1.807) is 4.90 Å². The Labute approximate surface area is 142 Å². The van der Waals surface area contributed by atoms with Gasteiger partial charge in [-0.25, -0.2) is 8.78 Å². The number of likely N-dealkylation sites (tertiary alicyclic amines) is 1. The zero-order chi connectivity index (χ0) is 17.1. The molecule has 0 spiro atoms. The second kappa shape index (κ2) is 7.57. The average molecular weight is 337 g/mol. The largest absolute Gasteiger partial charge is 0.336 e. The molecule has 0 N–H and O–H groups in total. The molecule has 1 aromatic carbocycles. The number of piperazine rings is 1. The summed E-state index contributed by atoms with van der Waals surface area (Å²) >= 11 is 0. The van der Waals surface area contributed by atoms with Gasteiger partial charge in [-0.15, -0.1) is 0 Å². The number of nitrogens with zero attached hydrogens (tertiary/aromatic N) is 3. The van der Waals surface area contributed by atoms with Gasteiger partial charge >= 0.3 is 0 Å². The van der Waals surface area contributed by atoms with Crippen LogP contribution in [0.2, 0.25) is 0 Å². The minimum atomic E-state index is -0.786. The maximum Gasteiger partial charge on any atom is 0.256 e. The summed E-state index contributed by atoms with van der Waals surface area (Å²) in [7, 11) is 2.18. The minimum absolute atomic E-state index is 0.0446. The molecule has 2 saturated heterocycles. The molecule has 3 rings (SSSR count). The van der Waals surface area contributed by atoms with Gasteiger partial charge in [0.05, 0.1) is 5.56 Å². The van der Waals surface area contributed by atoms with Gasteiger partial charge in [0.25, 0.3) is 5.91 Å². The van der Waals surface area contributed by atoms with Crippen molar-refractivity contribution in [2.75, 3.05) is 46.3 Å². The van der Waals surface area contributed by atoms with Gasteiger partial charge in [0, 0.05) is 44.8 Å². The van der Waals surface area contributed by atoms with Crippen molar-refractivity contribution in [3.05, 3.63) is 35.4 Å². The second-order valence-electron chi connectivity index (χ2n) is 6.85. The van der Waals surface area contributed by atoms with Crippen LogP contribution in [0.5, 0.6) is 0 Å². The van der Waals surface area contributed by atoms with Gasteiger partial charge in [-0.05, 0) is 38.6 Å². The Morgan fingerprint density at radius 3 is 2.54 bits per heavy atom. The number of hydrogen-bond donors (Lipinski definition) is 0. The van der Waals surface area contributed by atoms with Gasteiger partial charge < -0.3 is 9.80 Å². The van der Waals surface area contributed by atoms with Crippen molar-refractivity contribution in [3.8, 4) is 0 Å². The first kappa shape index (κ1) is 17.3. The van der Waals surface area contributed by atoms with Crippen LogP contribution < -0.4 is 0 Å². The smallest absolute Gasteiger partial charge is 0.256 e. The lowest BCUT2D eigenvalue weighted by molar-refractivity contribution is 0.0561. The number of benzene rings is 1. The molecule has 0 aliphatic carbocycles. The molecule has 0 saturated carbocycles. The van der Waals surface area contributed by atoms with E-state index in [2.05, 4.69) is 16.8 Å². The first-order chi connectivity index (χ1) is 11.5. The summed E-state index contributed by atoms with van der Waals surface area (Å²) in [5.74, 6) is -1.79. The highest BCUT2D eigenvalue weighted by Crippen LogP contribution is 2.18. The monoisotopic (exact) mass is 337 g/mol. The van der Waals surface area contributed by atoms with Crippen molar-refractivity contribution in [3.63, 3.8) is 0 Å². The molecule has 0 aromatic heterocycles. The Hall–Kier alpha value is -1.53. The molecule has 0 radical (unpaired) electrons. The number of piperidine rings is 1. The normalized spacial score (nSPS) is 23.5. The maximum atomic E-state index is 13.8. The van der Waals surface area contributed by atoms with Gasteiger partial charge in [-0.1, -0.05) is 6.42 Å². The van der Waals surface area contributed by atoms with E-state index in [0.29, 0.717) is 19.1 Å². The van der Waals surface area contributed by atoms with Crippen LogP contribution in [-0.2, 0) is 0 Å². The lowest BCUT2D eigenvalue weighted by atomic mass is 10.0. The first-order valence-corrected chi connectivity index (χ1v) is 8.71. The highest BCUT2D eigenvalue weighted by molar-refractivity contribution is 5.94. The van der Waals surface area contributed by atoms with Gasteiger partial charge in [0.2, 0.25) is 0 Å². The predicted octanol–water partition coefficient (Wildman–Crippen LogP) is 2.21. The van der Waals surface area contributed by atoms with Crippen LogP contribution in [0.25, 0.3) is 0 Å². The Kier molecular flexibility index (Phi) is 5.46. The molecule has 2 aliphatic rings.